The van der Waals surface area contributed by atoms with Crippen molar-refractivity contribution in [3.05, 3.63) is 28.9 Å². The van der Waals surface area contributed by atoms with Crippen LogP contribution in [-0.4, -0.2) is 83.6 Å². The van der Waals surface area contributed by atoms with Crippen LogP contribution in [0.15, 0.2) is 27.6 Å². The molecule has 1 fully saturated rings. The van der Waals surface area contributed by atoms with E-state index >= 15 is 0 Å². The fourth-order valence-corrected chi connectivity index (χ4v) is 4.32. The molecule has 0 spiro atoms. The zero-order valence-corrected chi connectivity index (χ0v) is 19.6. The van der Waals surface area contributed by atoms with Crippen LogP contribution >= 0.6 is 0 Å². The van der Waals surface area contributed by atoms with Crippen molar-refractivity contribution >= 4 is 28.5 Å². The van der Waals surface area contributed by atoms with E-state index in [0.29, 0.717) is 48.0 Å². The molecule has 4 aromatic rings. The van der Waals surface area contributed by atoms with Crippen LogP contribution in [0, 0.1) is 5.92 Å². The maximum absolute atomic E-state index is 13.1. The average molecular weight is 468 g/mol. The van der Waals surface area contributed by atoms with Gasteiger partial charge in [0.2, 0.25) is 11.8 Å². The molecular formula is C22H29N9O3. The predicted octanol–water partition coefficient (Wildman–Crippen LogP) is 0.463. The highest BCUT2D eigenvalue weighted by Gasteiger charge is 2.23. The Morgan fingerprint density at radius 2 is 1.85 bits per heavy atom. The second-order valence-corrected chi connectivity index (χ2v) is 9.02. The molecule has 0 unspecified atom stereocenters. The third-order valence-electron chi connectivity index (χ3n) is 6.45. The zero-order chi connectivity index (χ0) is 24.0. The molecule has 2 N–H and O–H groups in total. The van der Waals surface area contributed by atoms with Gasteiger partial charge in [0.15, 0.2) is 17.1 Å². The molecule has 0 radical (unpaired) electrons. The number of aromatic nitrogens is 6. The summed E-state index contributed by atoms with van der Waals surface area (Å²) in [5, 5.41) is 4.41. The third-order valence-corrected chi connectivity index (χ3v) is 6.45. The number of rotatable bonds is 7. The Bertz CT molecular complexity index is 1390. The van der Waals surface area contributed by atoms with Crippen molar-refractivity contribution < 1.29 is 9.21 Å². The van der Waals surface area contributed by atoms with E-state index in [-0.39, 0.29) is 23.3 Å². The number of Topliss-reactive ketones (excluding diaryl/α,β-unsaturated/α-hetero) is 1. The van der Waals surface area contributed by atoms with Crippen molar-refractivity contribution in [1.29, 1.82) is 0 Å². The summed E-state index contributed by atoms with van der Waals surface area (Å²) in [7, 11) is 1.70. The van der Waals surface area contributed by atoms with E-state index in [2.05, 4.69) is 24.9 Å². The number of nitrogens with zero attached hydrogens (tertiary/aromatic N) is 8. The number of hydrogen-bond donors (Lipinski definition) is 1. The lowest BCUT2D eigenvalue weighted by Gasteiger charge is -2.34. The normalized spacial score (nSPS) is 15.8. The largest absolute Gasteiger partial charge is 0.461 e. The van der Waals surface area contributed by atoms with E-state index in [9.17, 15) is 9.59 Å². The Morgan fingerprint density at radius 1 is 1.12 bits per heavy atom. The smallest absolute Gasteiger partial charge is 0.330 e. The number of aryl methyl sites for hydroxylation is 1. The lowest BCUT2D eigenvalue weighted by Crippen LogP contribution is -2.49. The van der Waals surface area contributed by atoms with E-state index < -0.39 is 0 Å². The molecule has 5 heterocycles. The van der Waals surface area contributed by atoms with Gasteiger partial charge in [-0.1, -0.05) is 13.8 Å². The first-order chi connectivity index (χ1) is 16.3. The maximum Gasteiger partial charge on any atom is 0.330 e. The number of fused-ring (bicyclic) bond motifs is 3. The molecule has 1 aliphatic heterocycles. The first-order valence-corrected chi connectivity index (χ1v) is 11.5. The lowest BCUT2D eigenvalue weighted by molar-refractivity contribution is -0.123. The molecule has 12 nitrogen and oxygen atoms in total. The van der Waals surface area contributed by atoms with Crippen molar-refractivity contribution in [2.24, 2.45) is 13.0 Å². The van der Waals surface area contributed by atoms with Gasteiger partial charge >= 0.3 is 5.69 Å². The van der Waals surface area contributed by atoms with Gasteiger partial charge in [0, 0.05) is 52.2 Å². The number of furan rings is 1. The molecule has 1 aliphatic rings. The Balaban J connectivity index is 1.37. The van der Waals surface area contributed by atoms with Gasteiger partial charge < -0.3 is 10.2 Å². The van der Waals surface area contributed by atoms with E-state index in [4.69, 9.17) is 10.2 Å². The van der Waals surface area contributed by atoms with Crippen molar-refractivity contribution in [3.63, 3.8) is 0 Å². The van der Waals surface area contributed by atoms with Crippen molar-refractivity contribution in [2.75, 3.05) is 45.0 Å². The van der Waals surface area contributed by atoms with Crippen LogP contribution in [0.4, 0.5) is 5.95 Å². The first kappa shape index (κ1) is 22.3. The number of piperazine rings is 1. The summed E-state index contributed by atoms with van der Waals surface area (Å²) in [5.41, 5.74) is 7.51. The van der Waals surface area contributed by atoms with E-state index in [1.165, 1.54) is 9.08 Å². The summed E-state index contributed by atoms with van der Waals surface area (Å²) in [5.74, 6) is 1.36. The summed E-state index contributed by atoms with van der Waals surface area (Å²) in [6.45, 7) is 8.92. The van der Waals surface area contributed by atoms with Crippen molar-refractivity contribution in [1.82, 2.24) is 38.5 Å². The topological polar surface area (TPSA) is 133 Å². The number of anilines is 1. The number of nitrogens with two attached hydrogens (primary N) is 1. The lowest BCUT2D eigenvalue weighted by atomic mass is 10.1. The van der Waals surface area contributed by atoms with Gasteiger partial charge in [-0.15, -0.1) is 5.10 Å². The highest BCUT2D eigenvalue weighted by molar-refractivity contribution is 5.88. The number of ketones is 1. The number of carbonyl (C=O) groups is 1. The summed E-state index contributed by atoms with van der Waals surface area (Å²) in [4.78, 5) is 38.7. The van der Waals surface area contributed by atoms with Crippen LogP contribution < -0.4 is 11.4 Å². The molecular weight excluding hydrogens is 438 g/mol. The summed E-state index contributed by atoms with van der Waals surface area (Å²) in [6, 6.07) is 3.52. The second-order valence-electron chi connectivity index (χ2n) is 9.02. The summed E-state index contributed by atoms with van der Waals surface area (Å²) < 4.78 is 10.0. The first-order valence-electron chi connectivity index (χ1n) is 11.5. The molecule has 0 aromatic carbocycles. The molecule has 5 rings (SSSR count). The average Bonchev–Trinajstić information content (AvgIpc) is 3.54. The van der Waals surface area contributed by atoms with Crippen LogP contribution in [0.2, 0.25) is 0 Å². The molecule has 12 heteroatoms. The van der Waals surface area contributed by atoms with Gasteiger partial charge in [0.1, 0.15) is 11.3 Å². The SMILES string of the molecule is CC(C)C(=O)CN1CCN(CCn2c(=O)n(C)c3c2nc(N)n2nc(-c4ccco4)nc32)CC1. The Morgan fingerprint density at radius 3 is 2.53 bits per heavy atom. The van der Waals surface area contributed by atoms with Gasteiger partial charge in [0.25, 0.3) is 0 Å². The zero-order valence-electron chi connectivity index (χ0n) is 19.6. The Hall–Kier alpha value is -3.51. The van der Waals surface area contributed by atoms with Crippen LogP contribution in [0.5, 0.6) is 0 Å². The predicted molar refractivity (Wildman–Crippen MR) is 126 cm³/mol. The standard InChI is InChI=1S/C22H29N9O3/c1-14(2)15(32)13-29-8-6-28(7-9-29)10-11-30-19-17(27(3)22(30)33)20-24-18(16-5-4-12-34-16)26-31(20)21(23)25-19/h4-5,12,14H,6-11,13H2,1-3H3,(H2,23,25). The van der Waals surface area contributed by atoms with Gasteiger partial charge in [-0.05, 0) is 12.1 Å². The fraction of sp³-hybridized carbons (Fsp3) is 0.500. The summed E-state index contributed by atoms with van der Waals surface area (Å²) >= 11 is 0. The van der Waals surface area contributed by atoms with Gasteiger partial charge in [0.05, 0.1) is 12.8 Å². The van der Waals surface area contributed by atoms with E-state index in [0.717, 1.165) is 26.2 Å². The van der Waals surface area contributed by atoms with Crippen molar-refractivity contribution in [2.45, 2.75) is 20.4 Å². The van der Waals surface area contributed by atoms with E-state index in [1.54, 1.807) is 30.0 Å². The maximum atomic E-state index is 13.1. The molecule has 1 saturated heterocycles. The van der Waals surface area contributed by atoms with Crippen molar-refractivity contribution in [3.8, 4) is 11.6 Å². The minimum absolute atomic E-state index is 0.0584. The van der Waals surface area contributed by atoms with Gasteiger partial charge in [-0.2, -0.15) is 9.50 Å². The highest BCUT2D eigenvalue weighted by atomic mass is 16.3. The number of carbonyl (C=O) groups excluding carboxylic acids is 1. The molecule has 0 amide bonds. The molecule has 0 aliphatic carbocycles. The van der Waals surface area contributed by atoms with Crippen LogP contribution in [0.25, 0.3) is 28.4 Å². The summed E-state index contributed by atoms with van der Waals surface area (Å²) in [6.07, 6.45) is 1.55. The minimum Gasteiger partial charge on any atom is -0.461 e. The molecule has 4 aromatic heterocycles. The third kappa shape index (κ3) is 3.88. The Labute approximate surface area is 195 Å². The molecule has 0 saturated carbocycles. The Kier molecular flexibility index (Phi) is 5.70. The minimum atomic E-state index is -0.182. The van der Waals surface area contributed by atoms with Crippen LogP contribution in [0.1, 0.15) is 13.8 Å². The molecule has 180 valence electrons. The quantitative estimate of drug-likeness (QED) is 0.411. The van der Waals surface area contributed by atoms with Gasteiger partial charge in [-0.25, -0.2) is 9.78 Å². The van der Waals surface area contributed by atoms with Gasteiger partial charge in [-0.3, -0.25) is 23.7 Å². The van der Waals surface area contributed by atoms with Crippen LogP contribution in [0.3, 0.4) is 0 Å². The monoisotopic (exact) mass is 467 g/mol. The number of imidazole rings is 1. The molecule has 0 bridgehead atoms. The van der Waals surface area contributed by atoms with E-state index in [1.807, 2.05) is 13.8 Å². The van der Waals surface area contributed by atoms with Crippen LogP contribution in [-0.2, 0) is 18.4 Å². The number of nitrogen functional groups attached to an aromatic ring is 1. The number of hydrogen-bond acceptors (Lipinski definition) is 9. The fourth-order valence-electron chi connectivity index (χ4n) is 4.32. The molecule has 0 atom stereocenters. The highest BCUT2D eigenvalue weighted by Crippen LogP contribution is 2.23. The second kappa shape index (κ2) is 8.69. The molecule has 34 heavy (non-hydrogen) atoms.